The predicted octanol–water partition coefficient (Wildman–Crippen LogP) is 2.00. The Bertz CT molecular complexity index is 628. The first-order valence-corrected chi connectivity index (χ1v) is 7.27. The van der Waals surface area contributed by atoms with Crippen molar-refractivity contribution in [2.24, 2.45) is 0 Å². The molecule has 0 fully saturated rings. The summed E-state index contributed by atoms with van der Waals surface area (Å²) in [5, 5.41) is 0.695. The van der Waals surface area contributed by atoms with Crippen LogP contribution in [-0.4, -0.2) is 29.7 Å². The number of ether oxygens (including phenoxy) is 2. The maximum atomic E-state index is 11.9. The number of thioether (sulfide) groups is 1. The van der Waals surface area contributed by atoms with E-state index in [1.54, 1.807) is 11.7 Å². The van der Waals surface area contributed by atoms with Crippen molar-refractivity contribution in [1.82, 2.24) is 9.55 Å². The molecule has 6 heteroatoms. The molecule has 0 bridgehead atoms. The van der Waals surface area contributed by atoms with E-state index in [1.165, 1.54) is 24.0 Å². The molecule has 1 aromatic heterocycles. The summed E-state index contributed by atoms with van der Waals surface area (Å²) in [6.07, 6.45) is 3.43. The quantitative estimate of drug-likeness (QED) is 0.463. The van der Waals surface area contributed by atoms with Crippen LogP contribution in [0, 0.1) is 0 Å². The van der Waals surface area contributed by atoms with Crippen LogP contribution in [0.15, 0.2) is 46.5 Å². The van der Waals surface area contributed by atoms with E-state index in [2.05, 4.69) is 4.98 Å². The van der Waals surface area contributed by atoms with Crippen molar-refractivity contribution in [3.8, 4) is 5.75 Å². The number of hydrogen-bond donors (Lipinski definition) is 0. The number of hydrogen-bond acceptors (Lipinski definition) is 5. The molecule has 0 aliphatic rings. The Morgan fingerprint density at radius 3 is 2.95 bits per heavy atom. The van der Waals surface area contributed by atoms with Crippen LogP contribution in [0.1, 0.15) is 5.56 Å². The maximum Gasteiger partial charge on any atom is 0.254 e. The average molecular weight is 292 g/mol. The fourth-order valence-corrected chi connectivity index (χ4v) is 2.31. The van der Waals surface area contributed by atoms with Gasteiger partial charge in [-0.2, -0.15) is 0 Å². The van der Waals surface area contributed by atoms with Gasteiger partial charge in [0.15, 0.2) is 11.9 Å². The number of nitrogens with zero attached hydrogens (tertiary/aromatic N) is 2. The van der Waals surface area contributed by atoms with Gasteiger partial charge >= 0.3 is 0 Å². The molecule has 0 radical (unpaired) electrons. The van der Waals surface area contributed by atoms with E-state index < -0.39 is 0 Å². The highest BCUT2D eigenvalue weighted by atomic mass is 32.2. The van der Waals surface area contributed by atoms with Crippen molar-refractivity contribution in [2.45, 2.75) is 11.7 Å². The van der Waals surface area contributed by atoms with Crippen molar-refractivity contribution in [2.75, 3.05) is 20.2 Å². The first-order chi connectivity index (χ1) is 9.74. The smallest absolute Gasteiger partial charge is 0.254 e. The molecule has 106 valence electrons. The van der Waals surface area contributed by atoms with Crippen LogP contribution in [0.4, 0.5) is 0 Å². The van der Waals surface area contributed by atoms with Gasteiger partial charge in [-0.1, -0.05) is 23.9 Å². The molecule has 0 N–H and O–H groups in total. The van der Waals surface area contributed by atoms with E-state index in [0.29, 0.717) is 17.5 Å². The van der Waals surface area contributed by atoms with Gasteiger partial charge in [-0.05, 0) is 24.0 Å². The lowest BCUT2D eigenvalue weighted by atomic mass is 10.2. The van der Waals surface area contributed by atoms with Crippen LogP contribution >= 0.6 is 11.8 Å². The third-order valence-corrected chi connectivity index (χ3v) is 3.36. The highest BCUT2D eigenvalue weighted by Gasteiger charge is 2.05. The van der Waals surface area contributed by atoms with E-state index in [-0.39, 0.29) is 12.4 Å². The standard InChI is InChI=1S/C14H16N2O3S/c1-18-10-19-12-5-3-4-11(8-12)9-16-13(17)6-7-15-14(16)20-2/h3-8H,9-10H2,1-2H3. The second-order valence-electron chi connectivity index (χ2n) is 4.05. The first kappa shape index (κ1) is 14.6. The SMILES string of the molecule is COCOc1cccc(Cn2c(SC)nccc2=O)c1. The van der Waals surface area contributed by atoms with Gasteiger partial charge in [0.2, 0.25) is 0 Å². The second kappa shape index (κ2) is 7.12. The lowest BCUT2D eigenvalue weighted by molar-refractivity contribution is 0.0511. The number of methoxy groups -OCH3 is 1. The van der Waals surface area contributed by atoms with Crippen LogP contribution in [0.3, 0.4) is 0 Å². The zero-order valence-corrected chi connectivity index (χ0v) is 12.2. The van der Waals surface area contributed by atoms with Gasteiger partial charge in [-0.3, -0.25) is 9.36 Å². The Kier molecular flexibility index (Phi) is 5.20. The molecule has 20 heavy (non-hydrogen) atoms. The van der Waals surface area contributed by atoms with Gasteiger partial charge < -0.3 is 9.47 Å². The van der Waals surface area contributed by atoms with Gasteiger partial charge in [-0.25, -0.2) is 4.98 Å². The summed E-state index contributed by atoms with van der Waals surface area (Å²) >= 11 is 1.45. The van der Waals surface area contributed by atoms with E-state index >= 15 is 0 Å². The molecule has 1 aromatic carbocycles. The molecular weight excluding hydrogens is 276 g/mol. The van der Waals surface area contributed by atoms with Gasteiger partial charge in [-0.15, -0.1) is 0 Å². The topological polar surface area (TPSA) is 53.4 Å². The van der Waals surface area contributed by atoms with Crippen LogP contribution in [0.2, 0.25) is 0 Å². The fraction of sp³-hybridized carbons (Fsp3) is 0.286. The van der Waals surface area contributed by atoms with Crippen LogP contribution in [0.25, 0.3) is 0 Å². The van der Waals surface area contributed by atoms with E-state index in [9.17, 15) is 4.79 Å². The van der Waals surface area contributed by atoms with Crippen LogP contribution < -0.4 is 10.3 Å². The van der Waals surface area contributed by atoms with Gasteiger partial charge in [0.1, 0.15) is 5.75 Å². The molecule has 0 saturated carbocycles. The Hall–Kier alpha value is -1.79. The summed E-state index contributed by atoms with van der Waals surface area (Å²) in [7, 11) is 1.57. The Balaban J connectivity index is 2.24. The minimum Gasteiger partial charge on any atom is -0.468 e. The molecule has 0 atom stereocenters. The number of rotatable bonds is 6. The molecule has 0 aliphatic heterocycles. The van der Waals surface area contributed by atoms with Crippen LogP contribution in [-0.2, 0) is 11.3 Å². The second-order valence-corrected chi connectivity index (χ2v) is 4.83. The molecule has 0 saturated heterocycles. The van der Waals surface area contributed by atoms with Crippen molar-refractivity contribution in [3.63, 3.8) is 0 Å². The molecule has 5 nitrogen and oxygen atoms in total. The maximum absolute atomic E-state index is 11.9. The highest BCUT2D eigenvalue weighted by molar-refractivity contribution is 7.98. The molecule has 0 unspecified atom stereocenters. The third-order valence-electron chi connectivity index (χ3n) is 2.66. The monoisotopic (exact) mass is 292 g/mol. The minimum atomic E-state index is -0.0624. The predicted molar refractivity (Wildman–Crippen MR) is 78.3 cm³/mol. The average Bonchev–Trinajstić information content (AvgIpc) is 2.47. The summed E-state index contributed by atoms with van der Waals surface area (Å²) in [4.78, 5) is 16.1. The van der Waals surface area contributed by atoms with Crippen molar-refractivity contribution < 1.29 is 9.47 Å². The molecule has 1 heterocycles. The number of aromatic nitrogens is 2. The van der Waals surface area contributed by atoms with Crippen molar-refractivity contribution in [1.29, 1.82) is 0 Å². The molecule has 0 aliphatic carbocycles. The summed E-state index contributed by atoms with van der Waals surface area (Å²) in [6, 6.07) is 9.04. The Morgan fingerprint density at radius 1 is 1.35 bits per heavy atom. The fourth-order valence-electron chi connectivity index (χ4n) is 1.77. The van der Waals surface area contributed by atoms with Gasteiger partial charge in [0.05, 0.1) is 6.54 Å². The van der Waals surface area contributed by atoms with Crippen molar-refractivity contribution >= 4 is 11.8 Å². The van der Waals surface area contributed by atoms with Gasteiger partial charge in [0, 0.05) is 19.4 Å². The van der Waals surface area contributed by atoms with E-state index in [0.717, 1.165) is 5.56 Å². The van der Waals surface area contributed by atoms with Gasteiger partial charge in [0.25, 0.3) is 5.56 Å². The Labute approximate surface area is 121 Å². The molecule has 0 amide bonds. The lowest BCUT2D eigenvalue weighted by Crippen LogP contribution is -2.22. The van der Waals surface area contributed by atoms with Crippen LogP contribution in [0.5, 0.6) is 5.75 Å². The summed E-state index contributed by atoms with van der Waals surface area (Å²) in [5.74, 6) is 0.715. The molecule has 0 spiro atoms. The van der Waals surface area contributed by atoms with E-state index in [1.807, 2.05) is 30.5 Å². The zero-order chi connectivity index (χ0) is 14.4. The minimum absolute atomic E-state index is 0.0624. The Morgan fingerprint density at radius 2 is 2.20 bits per heavy atom. The number of benzene rings is 1. The summed E-state index contributed by atoms with van der Waals surface area (Å²) < 4.78 is 11.9. The normalized spacial score (nSPS) is 10.5. The highest BCUT2D eigenvalue weighted by Crippen LogP contribution is 2.16. The van der Waals surface area contributed by atoms with E-state index in [4.69, 9.17) is 9.47 Å². The molecular formula is C14H16N2O3S. The zero-order valence-electron chi connectivity index (χ0n) is 11.4. The molecule has 2 aromatic rings. The lowest BCUT2D eigenvalue weighted by Gasteiger charge is -2.11. The first-order valence-electron chi connectivity index (χ1n) is 6.05. The summed E-state index contributed by atoms with van der Waals surface area (Å²) in [5.41, 5.74) is 0.913. The third kappa shape index (κ3) is 3.61. The van der Waals surface area contributed by atoms with Crippen molar-refractivity contribution in [3.05, 3.63) is 52.4 Å². The molecule has 2 rings (SSSR count). The summed E-state index contributed by atoms with van der Waals surface area (Å²) in [6.45, 7) is 0.666. The largest absolute Gasteiger partial charge is 0.468 e.